The lowest BCUT2D eigenvalue weighted by Crippen LogP contribution is -2.47. The molecule has 29 heavy (non-hydrogen) atoms. The molecule has 0 atom stereocenters. The van der Waals surface area contributed by atoms with Crippen molar-refractivity contribution in [2.24, 2.45) is 0 Å². The number of carbonyl (C=O) groups excluding carboxylic acids is 1. The summed E-state index contributed by atoms with van der Waals surface area (Å²) < 4.78 is 23.5. The average molecular weight is 418 g/mol. The van der Waals surface area contributed by atoms with Crippen molar-refractivity contribution in [3.63, 3.8) is 0 Å². The molecule has 0 aromatic carbocycles. The molecule has 0 unspecified atom stereocenters. The van der Waals surface area contributed by atoms with E-state index in [9.17, 15) is 14.3 Å². The number of rotatable bonds is 6. The van der Waals surface area contributed by atoms with Crippen LogP contribution in [0.15, 0.2) is 29.0 Å². The molecule has 3 heterocycles. The molecular formula is C19H19FN4O4S. The van der Waals surface area contributed by atoms with Crippen LogP contribution in [0.4, 0.5) is 9.18 Å². The van der Waals surface area contributed by atoms with Crippen LogP contribution in [0.5, 0.6) is 5.06 Å². The van der Waals surface area contributed by atoms with Gasteiger partial charge in [-0.2, -0.15) is 0 Å². The number of aliphatic hydroxyl groups is 1. The fraction of sp³-hybridized carbons (Fsp3) is 0.263. The van der Waals surface area contributed by atoms with E-state index in [1.807, 2.05) is 0 Å². The first-order valence-electron chi connectivity index (χ1n) is 8.60. The first-order valence-corrected chi connectivity index (χ1v) is 9.42. The molecule has 3 rings (SSSR count). The van der Waals surface area contributed by atoms with Gasteiger partial charge < -0.3 is 19.7 Å². The Hall–Kier alpha value is -3.11. The number of nitrogens with zero attached hydrogens (tertiary/aromatic N) is 3. The van der Waals surface area contributed by atoms with Crippen molar-refractivity contribution in [1.82, 2.24) is 20.4 Å². The molecule has 0 radical (unpaired) electrons. The number of aryl methyl sites for hydroxylation is 1. The van der Waals surface area contributed by atoms with E-state index >= 15 is 0 Å². The molecule has 0 aliphatic rings. The van der Waals surface area contributed by atoms with E-state index in [0.29, 0.717) is 32.8 Å². The van der Waals surface area contributed by atoms with E-state index in [-0.39, 0.29) is 6.61 Å². The topological polar surface area (TPSA) is 110 Å². The molecular weight excluding hydrogens is 399 g/mol. The first-order chi connectivity index (χ1) is 13.8. The minimum Gasteiger partial charge on any atom is -0.397 e. The van der Waals surface area contributed by atoms with Crippen molar-refractivity contribution in [3.8, 4) is 16.5 Å². The Kier molecular flexibility index (Phi) is 6.04. The first kappa shape index (κ1) is 20.6. The lowest BCUT2D eigenvalue weighted by Gasteiger charge is -2.22. The van der Waals surface area contributed by atoms with Gasteiger partial charge in [-0.25, -0.2) is 14.2 Å². The van der Waals surface area contributed by atoms with Crippen LogP contribution in [-0.2, 0) is 0 Å². The highest BCUT2D eigenvalue weighted by Crippen LogP contribution is 2.28. The Morgan fingerprint density at radius 1 is 1.34 bits per heavy atom. The van der Waals surface area contributed by atoms with Gasteiger partial charge in [0.2, 0.25) is 5.06 Å². The van der Waals surface area contributed by atoms with Crippen LogP contribution in [0, 0.1) is 12.7 Å². The fourth-order valence-corrected chi connectivity index (χ4v) is 2.93. The van der Waals surface area contributed by atoms with Gasteiger partial charge in [-0.05, 0) is 45.1 Å². The third kappa shape index (κ3) is 5.24. The van der Waals surface area contributed by atoms with E-state index < -0.39 is 17.4 Å². The number of halogens is 1. The number of nitrogens with one attached hydrogen (secondary N) is 1. The molecule has 152 valence electrons. The molecule has 0 aliphatic heterocycles. The third-order valence-corrected chi connectivity index (χ3v) is 4.64. The number of hydrogen-bond acceptors (Lipinski definition) is 8. The van der Waals surface area contributed by atoms with E-state index in [4.69, 9.17) is 9.26 Å². The predicted molar refractivity (Wildman–Crippen MR) is 106 cm³/mol. The molecule has 0 saturated carbocycles. The van der Waals surface area contributed by atoms with Gasteiger partial charge in [0.15, 0.2) is 0 Å². The second-order valence-electron chi connectivity index (χ2n) is 6.77. The molecule has 2 N–H and O–H groups in total. The predicted octanol–water partition coefficient (Wildman–Crippen LogP) is 3.67. The number of aliphatic hydroxyl groups excluding tert-OH is 1. The second kappa shape index (κ2) is 8.50. The summed E-state index contributed by atoms with van der Waals surface area (Å²) in [5, 5.41) is 16.6. The van der Waals surface area contributed by atoms with E-state index in [2.05, 4.69) is 20.4 Å². The molecule has 3 aromatic heterocycles. The number of thiazole rings is 1. The maximum Gasteiger partial charge on any atom is 0.413 e. The molecule has 0 fully saturated rings. The van der Waals surface area contributed by atoms with Crippen molar-refractivity contribution in [2.45, 2.75) is 26.3 Å². The normalized spacial score (nSPS) is 11.8. The summed E-state index contributed by atoms with van der Waals surface area (Å²) in [7, 11) is 0. The van der Waals surface area contributed by atoms with E-state index in [0.717, 1.165) is 6.20 Å². The Morgan fingerprint density at radius 3 is 2.83 bits per heavy atom. The van der Waals surface area contributed by atoms with Gasteiger partial charge >= 0.3 is 6.09 Å². The van der Waals surface area contributed by atoms with Crippen molar-refractivity contribution < 1.29 is 23.6 Å². The van der Waals surface area contributed by atoms with Gasteiger partial charge in [-0.1, -0.05) is 16.5 Å². The molecule has 1 amide bonds. The van der Waals surface area contributed by atoms with Gasteiger partial charge in [0, 0.05) is 5.56 Å². The fourth-order valence-electron chi connectivity index (χ4n) is 2.26. The van der Waals surface area contributed by atoms with Crippen LogP contribution < -0.4 is 10.1 Å². The summed E-state index contributed by atoms with van der Waals surface area (Å²) >= 11 is 1.17. The zero-order chi connectivity index (χ0) is 21.0. The minimum absolute atomic E-state index is 0.220. The van der Waals surface area contributed by atoms with Crippen molar-refractivity contribution in [3.05, 3.63) is 46.7 Å². The number of pyridine rings is 1. The molecule has 0 spiro atoms. The van der Waals surface area contributed by atoms with Crippen molar-refractivity contribution in [1.29, 1.82) is 0 Å². The van der Waals surface area contributed by atoms with Gasteiger partial charge in [-0.3, -0.25) is 4.98 Å². The molecule has 8 nitrogen and oxygen atoms in total. The smallest absolute Gasteiger partial charge is 0.397 e. The number of ether oxygens (including phenoxy) is 1. The lowest BCUT2D eigenvalue weighted by molar-refractivity contribution is 0.159. The molecule has 0 saturated heterocycles. The maximum atomic E-state index is 13.1. The molecule has 0 aliphatic carbocycles. The second-order valence-corrected chi connectivity index (χ2v) is 7.79. The van der Waals surface area contributed by atoms with Gasteiger partial charge in [0.25, 0.3) is 0 Å². The Labute approximate surface area is 170 Å². The van der Waals surface area contributed by atoms with Crippen LogP contribution in [0.25, 0.3) is 23.5 Å². The average Bonchev–Trinajstić information content (AvgIpc) is 3.26. The quantitative estimate of drug-likeness (QED) is 0.628. The molecule has 3 aromatic rings. The maximum absolute atomic E-state index is 13.1. The highest BCUT2D eigenvalue weighted by atomic mass is 32.1. The Bertz CT molecular complexity index is 1030. The summed E-state index contributed by atoms with van der Waals surface area (Å²) in [4.78, 5) is 20.1. The monoisotopic (exact) mass is 418 g/mol. The largest absolute Gasteiger partial charge is 0.413 e. The van der Waals surface area contributed by atoms with Crippen LogP contribution in [-0.4, -0.2) is 38.5 Å². The third-order valence-electron chi connectivity index (χ3n) is 3.80. The summed E-state index contributed by atoms with van der Waals surface area (Å²) in [5.74, 6) is 0.133. The minimum atomic E-state index is -0.791. The van der Waals surface area contributed by atoms with Gasteiger partial charge in [-0.15, -0.1) is 0 Å². The van der Waals surface area contributed by atoms with Crippen LogP contribution in [0.1, 0.15) is 30.2 Å². The summed E-state index contributed by atoms with van der Waals surface area (Å²) in [6.45, 7) is 4.87. The van der Waals surface area contributed by atoms with E-state index in [1.54, 1.807) is 32.9 Å². The van der Waals surface area contributed by atoms with Crippen molar-refractivity contribution in [2.75, 3.05) is 6.61 Å². The Balaban J connectivity index is 1.73. The number of carbonyl (C=O) groups is 1. The van der Waals surface area contributed by atoms with Crippen LogP contribution in [0.2, 0.25) is 0 Å². The van der Waals surface area contributed by atoms with E-state index in [1.165, 1.54) is 29.7 Å². The molecule has 0 bridgehead atoms. The zero-order valence-electron chi connectivity index (χ0n) is 16.0. The van der Waals surface area contributed by atoms with Crippen LogP contribution >= 0.6 is 11.3 Å². The summed E-state index contributed by atoms with van der Waals surface area (Å²) in [6, 6.07) is 2.82. The highest BCUT2D eigenvalue weighted by Gasteiger charge is 2.21. The number of hydrogen-bond donors (Lipinski definition) is 2. The lowest BCUT2D eigenvalue weighted by atomic mass is 10.1. The number of aromatic nitrogens is 3. The Morgan fingerprint density at radius 2 is 2.14 bits per heavy atom. The van der Waals surface area contributed by atoms with Gasteiger partial charge in [0.05, 0.1) is 30.2 Å². The van der Waals surface area contributed by atoms with Crippen LogP contribution in [0.3, 0.4) is 0 Å². The standard InChI is InChI=1S/C19H19FN4O4S/c1-11-13(17(24-28-11)14-6-4-12(20)8-21-14)5-7-15-22-9-16(29-15)27-18(26)23-19(2,3)10-25/h4-9,25H,10H2,1-3H3,(H,23,26)/b7-5+. The van der Waals surface area contributed by atoms with Gasteiger partial charge in [0.1, 0.15) is 22.3 Å². The summed E-state index contributed by atoms with van der Waals surface area (Å²) in [6.07, 6.45) is 5.34. The molecule has 10 heteroatoms. The number of amides is 1. The van der Waals surface area contributed by atoms with Crippen molar-refractivity contribution >= 4 is 29.6 Å². The highest BCUT2D eigenvalue weighted by molar-refractivity contribution is 7.14. The summed E-state index contributed by atoms with van der Waals surface area (Å²) in [5.41, 5.74) is 0.858. The zero-order valence-corrected chi connectivity index (χ0v) is 16.8. The SMILES string of the molecule is Cc1onc(-c2ccc(F)cn2)c1/C=C/c1ncc(OC(=O)NC(C)(C)CO)s1.